The van der Waals surface area contributed by atoms with E-state index < -0.39 is 0 Å². The third-order valence-electron chi connectivity index (χ3n) is 3.24. The zero-order chi connectivity index (χ0) is 12.5. The van der Waals surface area contributed by atoms with E-state index in [4.69, 9.17) is 4.74 Å². The SMILES string of the molecule is CC(C)[C@H]1CC(=O)O[C@@H]1CC(=O)C(C)(C)C. The molecule has 3 heteroatoms. The van der Waals surface area contributed by atoms with E-state index >= 15 is 0 Å². The van der Waals surface area contributed by atoms with Crippen LogP contribution in [0.15, 0.2) is 0 Å². The van der Waals surface area contributed by atoms with Gasteiger partial charge in [-0.3, -0.25) is 9.59 Å². The molecule has 0 amide bonds. The molecule has 1 saturated heterocycles. The predicted molar refractivity (Wildman–Crippen MR) is 61.9 cm³/mol. The van der Waals surface area contributed by atoms with E-state index in [9.17, 15) is 9.59 Å². The second-order valence-electron chi connectivity index (χ2n) is 6.02. The van der Waals surface area contributed by atoms with Gasteiger partial charge in [0.25, 0.3) is 0 Å². The van der Waals surface area contributed by atoms with E-state index in [-0.39, 0.29) is 29.2 Å². The van der Waals surface area contributed by atoms with Gasteiger partial charge in [-0.25, -0.2) is 0 Å². The Kier molecular flexibility index (Phi) is 3.76. The van der Waals surface area contributed by atoms with Gasteiger partial charge in [-0.2, -0.15) is 0 Å². The van der Waals surface area contributed by atoms with Gasteiger partial charge in [0.05, 0.1) is 6.42 Å². The summed E-state index contributed by atoms with van der Waals surface area (Å²) >= 11 is 0. The molecule has 1 aliphatic heterocycles. The number of carbonyl (C=O) groups is 2. The van der Waals surface area contributed by atoms with Crippen LogP contribution in [0, 0.1) is 17.3 Å². The highest BCUT2D eigenvalue weighted by Crippen LogP contribution is 2.32. The first kappa shape index (κ1) is 13.2. The molecule has 0 unspecified atom stereocenters. The molecule has 2 atom stereocenters. The fourth-order valence-electron chi connectivity index (χ4n) is 1.98. The van der Waals surface area contributed by atoms with E-state index in [0.29, 0.717) is 18.8 Å². The highest BCUT2D eigenvalue weighted by Gasteiger charge is 2.39. The van der Waals surface area contributed by atoms with Gasteiger partial charge in [0, 0.05) is 17.8 Å². The third kappa shape index (κ3) is 3.06. The van der Waals surface area contributed by atoms with Crippen molar-refractivity contribution < 1.29 is 14.3 Å². The molecule has 3 nitrogen and oxygen atoms in total. The molecule has 1 heterocycles. The molecule has 0 aliphatic carbocycles. The Morgan fingerprint density at radius 3 is 2.44 bits per heavy atom. The summed E-state index contributed by atoms with van der Waals surface area (Å²) in [4.78, 5) is 23.2. The Bertz CT molecular complexity index is 286. The van der Waals surface area contributed by atoms with Crippen LogP contribution in [0.2, 0.25) is 0 Å². The number of cyclic esters (lactones) is 1. The number of esters is 1. The predicted octanol–water partition coefficient (Wildman–Crippen LogP) is 2.58. The van der Waals surface area contributed by atoms with Gasteiger partial charge >= 0.3 is 5.97 Å². The van der Waals surface area contributed by atoms with E-state index in [1.807, 2.05) is 20.8 Å². The molecule has 0 aromatic carbocycles. The Labute approximate surface area is 97.5 Å². The van der Waals surface area contributed by atoms with Crippen molar-refractivity contribution >= 4 is 11.8 Å². The van der Waals surface area contributed by atoms with Crippen LogP contribution >= 0.6 is 0 Å². The maximum absolute atomic E-state index is 11.9. The van der Waals surface area contributed by atoms with Crippen LogP contribution < -0.4 is 0 Å². The second kappa shape index (κ2) is 4.56. The van der Waals surface area contributed by atoms with Gasteiger partial charge in [0.1, 0.15) is 11.9 Å². The van der Waals surface area contributed by atoms with Crippen molar-refractivity contribution in [2.75, 3.05) is 0 Å². The summed E-state index contributed by atoms with van der Waals surface area (Å²) in [6.45, 7) is 9.84. The molecule has 0 saturated carbocycles. The van der Waals surface area contributed by atoms with E-state index in [2.05, 4.69) is 13.8 Å². The van der Waals surface area contributed by atoms with Crippen molar-refractivity contribution in [1.29, 1.82) is 0 Å². The Hall–Kier alpha value is -0.860. The van der Waals surface area contributed by atoms with Gasteiger partial charge in [0.15, 0.2) is 0 Å². The fourth-order valence-corrected chi connectivity index (χ4v) is 1.98. The Morgan fingerprint density at radius 2 is 2.00 bits per heavy atom. The maximum Gasteiger partial charge on any atom is 0.306 e. The van der Waals surface area contributed by atoms with Crippen molar-refractivity contribution in [3.63, 3.8) is 0 Å². The highest BCUT2D eigenvalue weighted by atomic mass is 16.5. The van der Waals surface area contributed by atoms with Crippen LogP contribution in [0.1, 0.15) is 47.5 Å². The molecular weight excluding hydrogens is 204 g/mol. The topological polar surface area (TPSA) is 43.4 Å². The average molecular weight is 226 g/mol. The lowest BCUT2D eigenvalue weighted by atomic mass is 9.82. The monoisotopic (exact) mass is 226 g/mol. The average Bonchev–Trinajstić information content (AvgIpc) is 2.45. The number of ketones is 1. The van der Waals surface area contributed by atoms with Gasteiger partial charge in [0.2, 0.25) is 0 Å². The molecule has 0 radical (unpaired) electrons. The number of ether oxygens (including phenoxy) is 1. The third-order valence-corrected chi connectivity index (χ3v) is 3.24. The minimum Gasteiger partial charge on any atom is -0.462 e. The molecule has 0 bridgehead atoms. The minimum absolute atomic E-state index is 0.162. The number of Topliss-reactive ketones (excluding diaryl/α,β-unsaturated/α-hetero) is 1. The van der Waals surface area contributed by atoms with E-state index in [0.717, 1.165) is 0 Å². The van der Waals surface area contributed by atoms with Gasteiger partial charge in [-0.05, 0) is 5.92 Å². The van der Waals surface area contributed by atoms with Crippen LogP contribution in [0.25, 0.3) is 0 Å². The summed E-state index contributed by atoms with van der Waals surface area (Å²) in [5.74, 6) is 0.575. The molecule has 0 aromatic rings. The van der Waals surface area contributed by atoms with Crippen LogP contribution in [0.4, 0.5) is 0 Å². The normalized spacial score (nSPS) is 26.0. The molecule has 0 aromatic heterocycles. The molecule has 16 heavy (non-hydrogen) atoms. The largest absolute Gasteiger partial charge is 0.462 e. The van der Waals surface area contributed by atoms with Crippen LogP contribution in [-0.2, 0) is 14.3 Å². The quantitative estimate of drug-likeness (QED) is 0.695. The first-order chi connectivity index (χ1) is 7.21. The molecule has 0 spiro atoms. The van der Waals surface area contributed by atoms with Crippen molar-refractivity contribution in [3.05, 3.63) is 0 Å². The number of hydrogen-bond donors (Lipinski definition) is 0. The summed E-state index contributed by atoms with van der Waals surface area (Å²) in [7, 11) is 0. The van der Waals surface area contributed by atoms with Gasteiger partial charge in [-0.15, -0.1) is 0 Å². The molecule has 1 rings (SSSR count). The summed E-state index contributed by atoms with van der Waals surface area (Å²) in [6, 6.07) is 0. The van der Waals surface area contributed by atoms with Crippen molar-refractivity contribution in [1.82, 2.24) is 0 Å². The summed E-state index contributed by atoms with van der Waals surface area (Å²) in [6.07, 6.45) is 0.608. The Morgan fingerprint density at radius 1 is 1.44 bits per heavy atom. The van der Waals surface area contributed by atoms with Gasteiger partial charge < -0.3 is 4.74 Å². The zero-order valence-electron chi connectivity index (χ0n) is 10.9. The molecule has 92 valence electrons. The van der Waals surface area contributed by atoms with E-state index in [1.54, 1.807) is 0 Å². The number of carbonyl (C=O) groups excluding carboxylic acids is 2. The van der Waals surface area contributed by atoms with Crippen LogP contribution in [-0.4, -0.2) is 17.9 Å². The lowest BCUT2D eigenvalue weighted by Crippen LogP contribution is -2.29. The zero-order valence-corrected chi connectivity index (χ0v) is 10.9. The minimum atomic E-state index is -0.351. The molecule has 1 aliphatic rings. The highest BCUT2D eigenvalue weighted by molar-refractivity contribution is 5.85. The lowest BCUT2D eigenvalue weighted by Gasteiger charge is -2.23. The van der Waals surface area contributed by atoms with Gasteiger partial charge in [-0.1, -0.05) is 34.6 Å². The summed E-state index contributed by atoms with van der Waals surface area (Å²) in [5, 5.41) is 0. The summed E-state index contributed by atoms with van der Waals surface area (Å²) < 4.78 is 5.24. The first-order valence-electron chi connectivity index (χ1n) is 5.94. The van der Waals surface area contributed by atoms with E-state index in [1.165, 1.54) is 0 Å². The van der Waals surface area contributed by atoms with Crippen LogP contribution in [0.5, 0.6) is 0 Å². The smallest absolute Gasteiger partial charge is 0.306 e. The Balaban J connectivity index is 2.66. The van der Waals surface area contributed by atoms with Crippen molar-refractivity contribution in [3.8, 4) is 0 Å². The first-order valence-corrected chi connectivity index (χ1v) is 5.94. The van der Waals surface area contributed by atoms with Crippen molar-refractivity contribution in [2.45, 2.75) is 53.6 Å². The number of rotatable bonds is 3. The summed E-state index contributed by atoms with van der Waals surface area (Å²) in [5.41, 5.74) is -0.351. The standard InChI is InChI=1S/C13H22O3/c1-8(2)9-6-12(15)16-10(9)7-11(14)13(3,4)5/h8-10H,6-7H2,1-5H3/t9-,10-/m1/s1. The van der Waals surface area contributed by atoms with Crippen molar-refractivity contribution in [2.24, 2.45) is 17.3 Å². The molecule has 0 N–H and O–H groups in total. The number of hydrogen-bond acceptors (Lipinski definition) is 3. The second-order valence-corrected chi connectivity index (χ2v) is 6.02. The lowest BCUT2D eigenvalue weighted by molar-refractivity contribution is -0.143. The fraction of sp³-hybridized carbons (Fsp3) is 0.846. The molecular formula is C13H22O3. The molecule has 1 fully saturated rings. The van der Waals surface area contributed by atoms with Crippen LogP contribution in [0.3, 0.4) is 0 Å². The maximum atomic E-state index is 11.9.